The third-order valence-corrected chi connectivity index (χ3v) is 4.48. The molecule has 0 aliphatic rings. The van der Waals surface area contributed by atoms with Crippen LogP contribution in [0.3, 0.4) is 0 Å². The van der Waals surface area contributed by atoms with Crippen LogP contribution >= 0.6 is 11.3 Å². The first-order valence-electron chi connectivity index (χ1n) is 7.90. The summed E-state index contributed by atoms with van der Waals surface area (Å²) in [6.07, 6.45) is 2.25. The van der Waals surface area contributed by atoms with E-state index in [-0.39, 0.29) is 11.7 Å². The SMILES string of the molecule is O=C(NCCCOc1ccc(F)cc1)c1cnc(-c2ccccc2)s1. The highest BCUT2D eigenvalue weighted by Crippen LogP contribution is 2.24. The van der Waals surface area contributed by atoms with Gasteiger partial charge in [-0.3, -0.25) is 4.79 Å². The highest BCUT2D eigenvalue weighted by atomic mass is 32.1. The molecule has 0 aliphatic heterocycles. The number of rotatable bonds is 7. The molecule has 0 radical (unpaired) electrons. The maximum atomic E-state index is 12.8. The normalized spacial score (nSPS) is 10.4. The number of benzene rings is 2. The van der Waals surface area contributed by atoms with E-state index < -0.39 is 0 Å². The van der Waals surface area contributed by atoms with Crippen LogP contribution in [-0.4, -0.2) is 24.0 Å². The monoisotopic (exact) mass is 356 g/mol. The van der Waals surface area contributed by atoms with Gasteiger partial charge in [-0.25, -0.2) is 9.37 Å². The zero-order chi connectivity index (χ0) is 17.5. The Morgan fingerprint density at radius 2 is 1.88 bits per heavy atom. The van der Waals surface area contributed by atoms with Crippen molar-refractivity contribution >= 4 is 17.2 Å². The van der Waals surface area contributed by atoms with Gasteiger partial charge in [0.05, 0.1) is 12.8 Å². The predicted molar refractivity (Wildman–Crippen MR) is 96.4 cm³/mol. The lowest BCUT2D eigenvalue weighted by Crippen LogP contribution is -2.24. The summed E-state index contributed by atoms with van der Waals surface area (Å²) >= 11 is 1.37. The number of hydrogen-bond donors (Lipinski definition) is 1. The molecule has 0 atom stereocenters. The minimum absolute atomic E-state index is 0.138. The van der Waals surface area contributed by atoms with E-state index in [9.17, 15) is 9.18 Å². The lowest BCUT2D eigenvalue weighted by molar-refractivity contribution is 0.0955. The van der Waals surface area contributed by atoms with Crippen molar-refractivity contribution in [3.8, 4) is 16.3 Å². The number of carbonyl (C=O) groups excluding carboxylic acids is 1. The lowest BCUT2D eigenvalue weighted by Gasteiger charge is -2.06. The smallest absolute Gasteiger partial charge is 0.263 e. The molecule has 0 fully saturated rings. The maximum Gasteiger partial charge on any atom is 0.263 e. The fourth-order valence-corrected chi connectivity index (χ4v) is 3.01. The van der Waals surface area contributed by atoms with Crippen molar-refractivity contribution in [3.63, 3.8) is 0 Å². The van der Waals surface area contributed by atoms with Crippen LogP contribution in [0.1, 0.15) is 16.1 Å². The summed E-state index contributed by atoms with van der Waals surface area (Å²) < 4.78 is 18.3. The molecule has 25 heavy (non-hydrogen) atoms. The third kappa shape index (κ3) is 4.87. The van der Waals surface area contributed by atoms with Crippen LogP contribution in [-0.2, 0) is 0 Å². The average Bonchev–Trinajstić information content (AvgIpc) is 3.14. The van der Waals surface area contributed by atoms with Crippen molar-refractivity contribution < 1.29 is 13.9 Å². The van der Waals surface area contributed by atoms with Crippen molar-refractivity contribution in [2.24, 2.45) is 0 Å². The molecule has 1 N–H and O–H groups in total. The molecule has 1 heterocycles. The van der Waals surface area contributed by atoms with Crippen molar-refractivity contribution in [2.75, 3.05) is 13.2 Å². The minimum atomic E-state index is -0.293. The zero-order valence-electron chi connectivity index (χ0n) is 13.4. The number of nitrogens with one attached hydrogen (secondary N) is 1. The standard InChI is InChI=1S/C19H17FN2O2S/c20-15-7-9-16(10-8-15)24-12-4-11-21-18(23)17-13-22-19(25-17)14-5-2-1-3-6-14/h1-3,5-10,13H,4,11-12H2,(H,21,23). The Balaban J connectivity index is 1.42. The molecule has 1 aromatic heterocycles. The van der Waals surface area contributed by atoms with Gasteiger partial charge in [0.1, 0.15) is 21.5 Å². The second-order valence-electron chi connectivity index (χ2n) is 5.31. The average molecular weight is 356 g/mol. The number of nitrogens with zero attached hydrogens (tertiary/aromatic N) is 1. The molecule has 0 saturated heterocycles. The van der Waals surface area contributed by atoms with Gasteiger partial charge in [-0.15, -0.1) is 11.3 Å². The van der Waals surface area contributed by atoms with Crippen molar-refractivity contribution in [1.82, 2.24) is 10.3 Å². The largest absolute Gasteiger partial charge is 0.494 e. The van der Waals surface area contributed by atoms with Gasteiger partial charge in [0.2, 0.25) is 0 Å². The van der Waals surface area contributed by atoms with Crippen molar-refractivity contribution in [3.05, 3.63) is 71.5 Å². The summed E-state index contributed by atoms with van der Waals surface area (Å²) in [6, 6.07) is 15.6. The second-order valence-corrected chi connectivity index (χ2v) is 6.34. The van der Waals surface area contributed by atoms with E-state index in [1.54, 1.807) is 18.3 Å². The highest BCUT2D eigenvalue weighted by Gasteiger charge is 2.11. The molecule has 0 spiro atoms. The van der Waals surface area contributed by atoms with Crippen molar-refractivity contribution in [1.29, 1.82) is 0 Å². The van der Waals surface area contributed by atoms with Gasteiger partial charge >= 0.3 is 0 Å². The number of halogens is 1. The molecule has 1 amide bonds. The number of amides is 1. The van der Waals surface area contributed by atoms with E-state index in [0.29, 0.717) is 30.2 Å². The first kappa shape index (κ1) is 17.1. The summed E-state index contributed by atoms with van der Waals surface area (Å²) in [6.45, 7) is 0.947. The minimum Gasteiger partial charge on any atom is -0.494 e. The number of thiazole rings is 1. The molecule has 0 saturated carbocycles. The van der Waals surface area contributed by atoms with Gasteiger partial charge in [-0.1, -0.05) is 30.3 Å². The molecule has 0 bridgehead atoms. The van der Waals surface area contributed by atoms with Gasteiger partial charge < -0.3 is 10.1 Å². The highest BCUT2D eigenvalue weighted by molar-refractivity contribution is 7.16. The topological polar surface area (TPSA) is 51.2 Å². The number of aromatic nitrogens is 1. The van der Waals surface area contributed by atoms with E-state index in [0.717, 1.165) is 10.6 Å². The van der Waals surface area contributed by atoms with Gasteiger partial charge in [-0.2, -0.15) is 0 Å². The predicted octanol–water partition coefficient (Wildman–Crippen LogP) is 4.15. The van der Waals surface area contributed by atoms with Crippen LogP contribution in [0.2, 0.25) is 0 Å². The van der Waals surface area contributed by atoms with Gasteiger partial charge in [0, 0.05) is 12.1 Å². The van der Waals surface area contributed by atoms with E-state index in [2.05, 4.69) is 10.3 Å². The molecule has 2 aromatic carbocycles. The number of ether oxygens (including phenoxy) is 1. The molecule has 0 unspecified atom stereocenters. The Hall–Kier alpha value is -2.73. The summed E-state index contributed by atoms with van der Waals surface area (Å²) in [5.41, 5.74) is 0.999. The molecule has 3 aromatic rings. The zero-order valence-corrected chi connectivity index (χ0v) is 14.3. The molecular formula is C19H17FN2O2S. The third-order valence-electron chi connectivity index (χ3n) is 3.44. The maximum absolute atomic E-state index is 12.8. The van der Waals surface area contributed by atoms with Crippen LogP contribution in [0, 0.1) is 5.82 Å². The summed E-state index contributed by atoms with van der Waals surface area (Å²) in [5.74, 6) is 0.184. The molecule has 128 valence electrons. The Morgan fingerprint density at radius 1 is 1.12 bits per heavy atom. The summed E-state index contributed by atoms with van der Waals surface area (Å²) in [7, 11) is 0. The van der Waals surface area contributed by atoms with Crippen LogP contribution in [0.4, 0.5) is 4.39 Å². The van der Waals surface area contributed by atoms with E-state index in [1.165, 1.54) is 23.5 Å². The van der Waals surface area contributed by atoms with Crippen LogP contribution in [0.25, 0.3) is 10.6 Å². The Bertz CT molecular complexity index is 819. The van der Waals surface area contributed by atoms with E-state index in [4.69, 9.17) is 4.74 Å². The fourth-order valence-electron chi connectivity index (χ4n) is 2.18. The van der Waals surface area contributed by atoms with Crippen LogP contribution < -0.4 is 10.1 Å². The Kier molecular flexibility index (Phi) is 5.74. The van der Waals surface area contributed by atoms with Gasteiger partial charge in [0.15, 0.2) is 0 Å². The Labute approximate surface area is 149 Å². The van der Waals surface area contributed by atoms with E-state index in [1.807, 2.05) is 30.3 Å². The van der Waals surface area contributed by atoms with Crippen LogP contribution in [0.5, 0.6) is 5.75 Å². The quantitative estimate of drug-likeness (QED) is 0.647. The fraction of sp³-hybridized carbons (Fsp3) is 0.158. The second kappa shape index (κ2) is 8.39. The summed E-state index contributed by atoms with van der Waals surface area (Å²) in [4.78, 5) is 17.0. The molecule has 0 aliphatic carbocycles. The first-order chi connectivity index (χ1) is 12.2. The van der Waals surface area contributed by atoms with Crippen molar-refractivity contribution in [2.45, 2.75) is 6.42 Å². The first-order valence-corrected chi connectivity index (χ1v) is 8.72. The molecule has 4 nitrogen and oxygen atoms in total. The Morgan fingerprint density at radius 3 is 2.64 bits per heavy atom. The summed E-state index contributed by atoms with van der Waals surface area (Å²) in [5, 5.41) is 3.68. The van der Waals surface area contributed by atoms with Crippen LogP contribution in [0.15, 0.2) is 60.8 Å². The molecule has 6 heteroatoms. The van der Waals surface area contributed by atoms with Gasteiger partial charge in [-0.05, 0) is 30.7 Å². The number of carbonyl (C=O) groups is 1. The molecule has 3 rings (SSSR count). The van der Waals surface area contributed by atoms with Gasteiger partial charge in [0.25, 0.3) is 5.91 Å². The molecular weight excluding hydrogens is 339 g/mol. The number of hydrogen-bond acceptors (Lipinski definition) is 4. The lowest BCUT2D eigenvalue weighted by atomic mass is 10.2. The van der Waals surface area contributed by atoms with E-state index >= 15 is 0 Å².